The van der Waals surface area contributed by atoms with Crippen LogP contribution in [0.2, 0.25) is 0 Å². The van der Waals surface area contributed by atoms with Crippen molar-refractivity contribution in [3.05, 3.63) is 61.3 Å². The van der Waals surface area contributed by atoms with E-state index in [0.29, 0.717) is 28.7 Å². The SMILES string of the molecule is NC(Cc1cc(F)cc(F)c1)c1nc(Br)c2c(c1Br)CC(O)C2. The topological polar surface area (TPSA) is 59.1 Å². The van der Waals surface area contributed by atoms with Crippen molar-refractivity contribution in [2.75, 3.05) is 0 Å². The maximum Gasteiger partial charge on any atom is 0.126 e. The molecule has 1 aromatic carbocycles. The van der Waals surface area contributed by atoms with Gasteiger partial charge in [0, 0.05) is 23.4 Å². The Morgan fingerprint density at radius 3 is 2.43 bits per heavy atom. The molecule has 0 fully saturated rings. The summed E-state index contributed by atoms with van der Waals surface area (Å²) in [5.74, 6) is -1.25. The monoisotopic (exact) mass is 446 g/mol. The summed E-state index contributed by atoms with van der Waals surface area (Å²) in [6, 6.07) is 2.84. The minimum Gasteiger partial charge on any atom is -0.392 e. The van der Waals surface area contributed by atoms with Crippen LogP contribution >= 0.6 is 31.9 Å². The number of nitrogens with two attached hydrogens (primary N) is 1. The predicted molar refractivity (Wildman–Crippen MR) is 90.0 cm³/mol. The van der Waals surface area contributed by atoms with Crippen LogP contribution in [-0.2, 0) is 19.3 Å². The third-order valence-corrected chi connectivity index (χ3v) is 5.47. The van der Waals surface area contributed by atoms with Gasteiger partial charge in [-0.2, -0.15) is 0 Å². The molecule has 0 saturated carbocycles. The predicted octanol–water partition coefficient (Wildman–Crippen LogP) is 3.59. The van der Waals surface area contributed by atoms with Crippen LogP contribution < -0.4 is 5.73 Å². The summed E-state index contributed by atoms with van der Waals surface area (Å²) in [4.78, 5) is 4.47. The van der Waals surface area contributed by atoms with E-state index in [1.54, 1.807) is 0 Å². The first kappa shape index (κ1) is 17.0. The van der Waals surface area contributed by atoms with E-state index >= 15 is 0 Å². The lowest BCUT2D eigenvalue weighted by Gasteiger charge is -2.16. The maximum absolute atomic E-state index is 13.3. The van der Waals surface area contributed by atoms with Gasteiger partial charge in [-0.25, -0.2) is 13.8 Å². The van der Waals surface area contributed by atoms with Crippen LogP contribution in [0.3, 0.4) is 0 Å². The molecule has 0 radical (unpaired) electrons. The number of hydrogen-bond acceptors (Lipinski definition) is 3. The first-order valence-electron chi connectivity index (χ1n) is 7.10. The fourth-order valence-electron chi connectivity index (χ4n) is 2.92. The number of aromatic nitrogens is 1. The van der Waals surface area contributed by atoms with Gasteiger partial charge in [-0.15, -0.1) is 0 Å². The molecule has 1 aliphatic rings. The summed E-state index contributed by atoms with van der Waals surface area (Å²) in [6.07, 6.45) is 0.911. The Labute approximate surface area is 149 Å². The van der Waals surface area contributed by atoms with Crippen LogP contribution in [0.25, 0.3) is 0 Å². The van der Waals surface area contributed by atoms with Gasteiger partial charge in [0.1, 0.15) is 16.2 Å². The average molecular weight is 448 g/mol. The van der Waals surface area contributed by atoms with Crippen molar-refractivity contribution in [3.63, 3.8) is 0 Å². The summed E-state index contributed by atoms with van der Waals surface area (Å²) in [7, 11) is 0. The van der Waals surface area contributed by atoms with Gasteiger partial charge < -0.3 is 10.8 Å². The molecular weight excluding hydrogens is 434 g/mol. The molecule has 3 rings (SSSR count). The average Bonchev–Trinajstić information content (AvgIpc) is 2.84. The van der Waals surface area contributed by atoms with Crippen LogP contribution in [0.15, 0.2) is 27.3 Å². The smallest absolute Gasteiger partial charge is 0.126 e. The molecule has 1 aromatic heterocycles. The van der Waals surface area contributed by atoms with Crippen molar-refractivity contribution >= 4 is 31.9 Å². The summed E-state index contributed by atoms with van der Waals surface area (Å²) >= 11 is 6.93. The number of aliphatic hydroxyl groups excluding tert-OH is 1. The Morgan fingerprint density at radius 2 is 1.78 bits per heavy atom. The molecule has 0 spiro atoms. The van der Waals surface area contributed by atoms with Crippen LogP contribution in [0.4, 0.5) is 8.78 Å². The Bertz CT molecular complexity index is 750. The number of rotatable bonds is 3. The number of halogens is 4. The minimum atomic E-state index is -0.627. The second-order valence-corrected chi connectivity index (χ2v) is 7.25. The molecule has 23 heavy (non-hydrogen) atoms. The maximum atomic E-state index is 13.3. The standard InChI is InChI=1S/C16H14Br2F2N2O/c17-14-11-5-10(23)6-12(11)16(18)22-15(14)13(21)3-7-1-8(19)4-9(20)2-7/h1-2,4,10,13,23H,3,5-6,21H2. The second-order valence-electron chi connectivity index (χ2n) is 5.71. The molecule has 2 atom stereocenters. The Kier molecular flexibility index (Phi) is 4.83. The van der Waals surface area contributed by atoms with Gasteiger partial charge >= 0.3 is 0 Å². The zero-order valence-electron chi connectivity index (χ0n) is 12.0. The highest BCUT2D eigenvalue weighted by molar-refractivity contribution is 9.11. The lowest BCUT2D eigenvalue weighted by molar-refractivity contribution is 0.187. The zero-order chi connectivity index (χ0) is 16.7. The van der Waals surface area contributed by atoms with E-state index in [1.165, 1.54) is 12.1 Å². The highest BCUT2D eigenvalue weighted by Crippen LogP contribution is 2.37. The Hall–Kier alpha value is -0.890. The van der Waals surface area contributed by atoms with Gasteiger partial charge in [0.05, 0.1) is 17.8 Å². The van der Waals surface area contributed by atoms with E-state index in [0.717, 1.165) is 21.7 Å². The number of aliphatic hydroxyl groups is 1. The summed E-state index contributed by atoms with van der Waals surface area (Å²) in [5, 5.41) is 9.84. The van der Waals surface area contributed by atoms with E-state index in [4.69, 9.17) is 5.73 Å². The first-order valence-corrected chi connectivity index (χ1v) is 8.69. The highest BCUT2D eigenvalue weighted by Gasteiger charge is 2.28. The number of benzene rings is 1. The van der Waals surface area contributed by atoms with E-state index in [-0.39, 0.29) is 6.42 Å². The van der Waals surface area contributed by atoms with Crippen molar-refractivity contribution in [1.29, 1.82) is 0 Å². The van der Waals surface area contributed by atoms with Gasteiger partial charge in [0.15, 0.2) is 0 Å². The van der Waals surface area contributed by atoms with Crippen molar-refractivity contribution < 1.29 is 13.9 Å². The Balaban J connectivity index is 1.93. The van der Waals surface area contributed by atoms with E-state index in [1.807, 2.05) is 0 Å². The third-order valence-electron chi connectivity index (χ3n) is 3.93. The molecule has 122 valence electrons. The molecule has 1 heterocycles. The largest absolute Gasteiger partial charge is 0.392 e. The molecule has 2 aromatic rings. The van der Waals surface area contributed by atoms with E-state index in [9.17, 15) is 13.9 Å². The van der Waals surface area contributed by atoms with E-state index in [2.05, 4.69) is 36.8 Å². The third kappa shape index (κ3) is 3.47. The number of hydrogen-bond donors (Lipinski definition) is 2. The van der Waals surface area contributed by atoms with Gasteiger partial charge in [-0.05, 0) is 67.1 Å². The first-order chi connectivity index (χ1) is 10.8. The quantitative estimate of drug-likeness (QED) is 0.707. The molecule has 7 heteroatoms. The minimum absolute atomic E-state index is 0.258. The molecule has 0 amide bonds. The van der Waals surface area contributed by atoms with Crippen molar-refractivity contribution in [3.8, 4) is 0 Å². The molecule has 2 unspecified atom stereocenters. The summed E-state index contributed by atoms with van der Waals surface area (Å²) < 4.78 is 28.0. The highest BCUT2D eigenvalue weighted by atomic mass is 79.9. The Morgan fingerprint density at radius 1 is 1.17 bits per heavy atom. The van der Waals surface area contributed by atoms with E-state index < -0.39 is 23.8 Å². The summed E-state index contributed by atoms with van der Waals surface area (Å²) in [6.45, 7) is 0. The molecular formula is C16H14Br2F2N2O. The number of fused-ring (bicyclic) bond motifs is 1. The molecule has 1 aliphatic carbocycles. The number of nitrogens with zero attached hydrogens (tertiary/aromatic N) is 1. The zero-order valence-corrected chi connectivity index (χ0v) is 15.2. The van der Waals surface area contributed by atoms with Gasteiger partial charge in [-0.3, -0.25) is 0 Å². The van der Waals surface area contributed by atoms with Gasteiger partial charge in [0.25, 0.3) is 0 Å². The van der Waals surface area contributed by atoms with Crippen molar-refractivity contribution in [1.82, 2.24) is 4.98 Å². The molecule has 0 aliphatic heterocycles. The fourth-order valence-corrected chi connectivity index (χ4v) is 4.30. The number of pyridine rings is 1. The summed E-state index contributed by atoms with van der Waals surface area (Å²) in [5.41, 5.74) is 9.23. The molecule has 0 bridgehead atoms. The molecule has 0 saturated heterocycles. The lowest BCUT2D eigenvalue weighted by atomic mass is 10.0. The molecule has 3 N–H and O–H groups in total. The normalized spacial score (nSPS) is 18.1. The van der Waals surface area contributed by atoms with Gasteiger partial charge in [0.2, 0.25) is 0 Å². The van der Waals surface area contributed by atoms with Crippen LogP contribution in [0, 0.1) is 11.6 Å². The van der Waals surface area contributed by atoms with Crippen molar-refractivity contribution in [2.24, 2.45) is 5.73 Å². The second kappa shape index (κ2) is 6.55. The van der Waals surface area contributed by atoms with Crippen LogP contribution in [0.5, 0.6) is 0 Å². The van der Waals surface area contributed by atoms with Crippen LogP contribution in [-0.4, -0.2) is 16.2 Å². The fraction of sp³-hybridized carbons (Fsp3) is 0.312. The molecule has 3 nitrogen and oxygen atoms in total. The van der Waals surface area contributed by atoms with Gasteiger partial charge in [-0.1, -0.05) is 0 Å². The lowest BCUT2D eigenvalue weighted by Crippen LogP contribution is -2.17. The van der Waals surface area contributed by atoms with Crippen LogP contribution in [0.1, 0.15) is 28.4 Å². The van der Waals surface area contributed by atoms with Crippen molar-refractivity contribution in [2.45, 2.75) is 31.4 Å².